The third-order valence-electron chi connectivity index (χ3n) is 3.72. The van der Waals surface area contributed by atoms with Gasteiger partial charge in [0.15, 0.2) is 0 Å². The second-order valence-electron chi connectivity index (χ2n) is 5.75. The molecule has 1 N–H and O–H groups in total. The molecule has 0 aliphatic carbocycles. The maximum absolute atomic E-state index is 12.3. The van der Waals surface area contributed by atoms with E-state index in [1.165, 1.54) is 0 Å². The molecule has 0 atom stereocenters. The fourth-order valence-corrected chi connectivity index (χ4v) is 2.79. The van der Waals surface area contributed by atoms with Gasteiger partial charge in [0, 0.05) is 17.4 Å². The Kier molecular flexibility index (Phi) is 3.86. The molecule has 1 amide bonds. The van der Waals surface area contributed by atoms with Crippen LogP contribution >= 0.6 is 0 Å². The summed E-state index contributed by atoms with van der Waals surface area (Å²) in [6.45, 7) is 4.22. The molecule has 0 saturated heterocycles. The molecular formula is C19H17N3O. The number of nitriles is 1. The van der Waals surface area contributed by atoms with Gasteiger partial charge in [-0.1, -0.05) is 12.1 Å². The van der Waals surface area contributed by atoms with Crippen LogP contribution in [0, 0.1) is 25.2 Å². The van der Waals surface area contributed by atoms with Crippen molar-refractivity contribution >= 4 is 22.5 Å². The lowest BCUT2D eigenvalue weighted by atomic mass is 10.1. The molecule has 0 aliphatic rings. The lowest BCUT2D eigenvalue weighted by molar-refractivity contribution is -0.116. The van der Waals surface area contributed by atoms with E-state index in [-0.39, 0.29) is 12.5 Å². The zero-order valence-electron chi connectivity index (χ0n) is 13.1. The van der Waals surface area contributed by atoms with E-state index in [9.17, 15) is 4.79 Å². The number of nitrogens with zero attached hydrogens (tertiary/aromatic N) is 2. The van der Waals surface area contributed by atoms with Crippen LogP contribution in [0.5, 0.6) is 0 Å². The number of nitrogens with one attached hydrogen (secondary N) is 1. The lowest BCUT2D eigenvalue weighted by Crippen LogP contribution is -2.18. The second kappa shape index (κ2) is 5.98. The molecule has 2 aromatic carbocycles. The normalized spacial score (nSPS) is 10.5. The molecule has 3 rings (SSSR count). The third-order valence-corrected chi connectivity index (χ3v) is 3.72. The van der Waals surface area contributed by atoms with Crippen LogP contribution < -0.4 is 5.32 Å². The van der Waals surface area contributed by atoms with E-state index < -0.39 is 0 Å². The minimum absolute atomic E-state index is 0.0881. The predicted molar refractivity (Wildman–Crippen MR) is 91.2 cm³/mol. The quantitative estimate of drug-likeness (QED) is 0.800. The smallest absolute Gasteiger partial charge is 0.244 e. The molecule has 4 nitrogen and oxygen atoms in total. The van der Waals surface area contributed by atoms with Crippen LogP contribution in [0.3, 0.4) is 0 Å². The first-order valence-corrected chi connectivity index (χ1v) is 7.42. The summed E-state index contributed by atoms with van der Waals surface area (Å²) >= 11 is 0. The summed E-state index contributed by atoms with van der Waals surface area (Å²) < 4.78 is 1.86. The van der Waals surface area contributed by atoms with Crippen molar-refractivity contribution in [2.75, 3.05) is 5.32 Å². The first kappa shape index (κ1) is 14.9. The largest absolute Gasteiger partial charge is 0.338 e. The number of aromatic nitrogens is 1. The number of anilines is 1. The Bertz CT molecular complexity index is 911. The summed E-state index contributed by atoms with van der Waals surface area (Å²) in [6.07, 6.45) is 1.87. The average Bonchev–Trinajstić information content (AvgIpc) is 2.88. The minimum Gasteiger partial charge on any atom is -0.338 e. The molecular weight excluding hydrogens is 286 g/mol. The molecule has 1 heterocycles. The van der Waals surface area contributed by atoms with E-state index in [4.69, 9.17) is 5.26 Å². The van der Waals surface area contributed by atoms with E-state index in [1.807, 2.05) is 48.9 Å². The molecule has 4 heteroatoms. The van der Waals surface area contributed by atoms with Crippen molar-refractivity contribution in [3.63, 3.8) is 0 Å². The zero-order chi connectivity index (χ0) is 16.4. The summed E-state index contributed by atoms with van der Waals surface area (Å²) in [5, 5.41) is 13.0. The van der Waals surface area contributed by atoms with Crippen molar-refractivity contribution in [2.24, 2.45) is 0 Å². The van der Waals surface area contributed by atoms with Gasteiger partial charge >= 0.3 is 0 Å². The van der Waals surface area contributed by atoms with Gasteiger partial charge in [0.2, 0.25) is 5.91 Å². The van der Waals surface area contributed by atoms with Gasteiger partial charge in [-0.3, -0.25) is 4.79 Å². The monoisotopic (exact) mass is 303 g/mol. The summed E-state index contributed by atoms with van der Waals surface area (Å²) in [5.41, 5.74) is 4.52. The van der Waals surface area contributed by atoms with Crippen molar-refractivity contribution in [1.29, 1.82) is 5.26 Å². The van der Waals surface area contributed by atoms with Crippen LogP contribution in [-0.2, 0) is 11.3 Å². The first-order valence-electron chi connectivity index (χ1n) is 7.42. The van der Waals surface area contributed by atoms with Gasteiger partial charge in [0.25, 0.3) is 0 Å². The number of hydrogen-bond acceptors (Lipinski definition) is 2. The van der Waals surface area contributed by atoms with Gasteiger partial charge in [0.05, 0.1) is 11.6 Å². The summed E-state index contributed by atoms with van der Waals surface area (Å²) in [5.74, 6) is -0.0881. The maximum Gasteiger partial charge on any atom is 0.244 e. The van der Waals surface area contributed by atoms with Gasteiger partial charge in [-0.2, -0.15) is 5.26 Å². The second-order valence-corrected chi connectivity index (χ2v) is 5.75. The topological polar surface area (TPSA) is 57.8 Å². The number of rotatable bonds is 3. The zero-order valence-corrected chi connectivity index (χ0v) is 13.1. The van der Waals surface area contributed by atoms with Crippen molar-refractivity contribution < 1.29 is 4.79 Å². The molecule has 114 valence electrons. The molecule has 3 aromatic rings. The Balaban J connectivity index is 1.81. The van der Waals surface area contributed by atoms with Crippen molar-refractivity contribution in [3.8, 4) is 6.07 Å². The van der Waals surface area contributed by atoms with Crippen LogP contribution in [0.15, 0.2) is 48.7 Å². The number of fused-ring (bicyclic) bond motifs is 1. The number of benzene rings is 2. The molecule has 1 aromatic heterocycles. The number of carbonyl (C=O) groups is 1. The molecule has 0 saturated carbocycles. The number of aryl methyl sites for hydroxylation is 2. The highest BCUT2D eigenvalue weighted by Gasteiger charge is 2.08. The number of amides is 1. The highest BCUT2D eigenvalue weighted by atomic mass is 16.1. The van der Waals surface area contributed by atoms with Gasteiger partial charge in [-0.25, -0.2) is 0 Å². The van der Waals surface area contributed by atoms with E-state index in [0.29, 0.717) is 5.56 Å². The highest BCUT2D eigenvalue weighted by molar-refractivity contribution is 5.92. The van der Waals surface area contributed by atoms with Crippen molar-refractivity contribution in [3.05, 3.63) is 65.4 Å². The van der Waals surface area contributed by atoms with Crippen LogP contribution in [0.2, 0.25) is 0 Å². The summed E-state index contributed by atoms with van der Waals surface area (Å²) in [7, 11) is 0. The van der Waals surface area contributed by atoms with E-state index in [0.717, 1.165) is 27.7 Å². The maximum atomic E-state index is 12.3. The standard InChI is InChI=1S/C19H17N3O/c1-13-7-14(2)9-17(8-13)21-19(23)12-22-6-5-16-4-3-15(11-20)10-18(16)22/h3-10H,12H2,1-2H3,(H,21,23). The molecule has 0 unspecified atom stereocenters. The molecule has 0 bridgehead atoms. The lowest BCUT2D eigenvalue weighted by Gasteiger charge is -2.09. The Morgan fingerprint density at radius 2 is 1.87 bits per heavy atom. The Morgan fingerprint density at radius 3 is 2.57 bits per heavy atom. The van der Waals surface area contributed by atoms with Crippen LogP contribution in [0.1, 0.15) is 16.7 Å². The molecule has 0 radical (unpaired) electrons. The van der Waals surface area contributed by atoms with Crippen LogP contribution in [-0.4, -0.2) is 10.5 Å². The fraction of sp³-hybridized carbons (Fsp3) is 0.158. The van der Waals surface area contributed by atoms with E-state index in [2.05, 4.69) is 17.5 Å². The molecule has 23 heavy (non-hydrogen) atoms. The summed E-state index contributed by atoms with van der Waals surface area (Å²) in [6, 6.07) is 15.5. The first-order chi connectivity index (χ1) is 11.0. The Morgan fingerprint density at radius 1 is 1.13 bits per heavy atom. The Labute approximate surface area is 135 Å². The van der Waals surface area contributed by atoms with Gasteiger partial charge in [-0.15, -0.1) is 0 Å². The summed E-state index contributed by atoms with van der Waals surface area (Å²) in [4.78, 5) is 12.3. The van der Waals surface area contributed by atoms with Crippen molar-refractivity contribution in [2.45, 2.75) is 20.4 Å². The highest BCUT2D eigenvalue weighted by Crippen LogP contribution is 2.18. The third kappa shape index (κ3) is 3.24. The van der Waals surface area contributed by atoms with Crippen molar-refractivity contribution in [1.82, 2.24) is 4.57 Å². The SMILES string of the molecule is Cc1cc(C)cc(NC(=O)Cn2ccc3ccc(C#N)cc32)c1. The predicted octanol–water partition coefficient (Wildman–Crippen LogP) is 3.77. The molecule has 0 aliphatic heterocycles. The van der Waals surface area contributed by atoms with Crippen LogP contribution in [0.25, 0.3) is 10.9 Å². The number of carbonyl (C=O) groups excluding carboxylic acids is 1. The minimum atomic E-state index is -0.0881. The fourth-order valence-electron chi connectivity index (χ4n) is 2.79. The van der Waals surface area contributed by atoms with Gasteiger partial charge in [0.1, 0.15) is 6.54 Å². The van der Waals surface area contributed by atoms with Crippen LogP contribution in [0.4, 0.5) is 5.69 Å². The molecule has 0 fully saturated rings. The van der Waals surface area contributed by atoms with Gasteiger partial charge in [-0.05, 0) is 60.7 Å². The number of hydrogen-bond donors (Lipinski definition) is 1. The van der Waals surface area contributed by atoms with E-state index in [1.54, 1.807) is 12.1 Å². The van der Waals surface area contributed by atoms with Gasteiger partial charge < -0.3 is 9.88 Å². The average molecular weight is 303 g/mol. The molecule has 0 spiro atoms. The Hall–Kier alpha value is -3.06. The van der Waals surface area contributed by atoms with E-state index >= 15 is 0 Å².